The molecule has 1 atom stereocenters. The average Bonchev–Trinajstić information content (AvgIpc) is 2.51. The second kappa shape index (κ2) is 3.89. The molecular formula is C13H15NO. The minimum atomic E-state index is 0.139. The Morgan fingerprint density at radius 1 is 1.47 bits per heavy atom. The summed E-state index contributed by atoms with van der Waals surface area (Å²) in [4.78, 5) is 13.7. The van der Waals surface area contributed by atoms with Crippen LogP contribution in [0.15, 0.2) is 36.9 Å². The van der Waals surface area contributed by atoms with E-state index >= 15 is 0 Å². The number of allylic oxidation sites excluding steroid dienone is 1. The lowest BCUT2D eigenvalue weighted by molar-refractivity contribution is 0.0769. The maximum absolute atomic E-state index is 11.9. The zero-order valence-electron chi connectivity index (χ0n) is 8.94. The van der Waals surface area contributed by atoms with Gasteiger partial charge in [0.25, 0.3) is 5.91 Å². The fourth-order valence-corrected chi connectivity index (χ4v) is 2.15. The van der Waals surface area contributed by atoms with E-state index in [1.54, 1.807) is 0 Å². The molecule has 2 nitrogen and oxygen atoms in total. The number of carbonyl (C=O) groups excluding carboxylic acids is 1. The standard InChI is InChI=1S/C13H15NO/c1-3-4-9-12-10-7-5-6-8-11(10)13(15)14(12)2/h3,5-8,12H,1,4,9H2,2H3. The molecule has 0 saturated heterocycles. The Bertz CT molecular complexity index is 397. The molecule has 0 bridgehead atoms. The molecule has 0 spiro atoms. The lowest BCUT2D eigenvalue weighted by Gasteiger charge is -2.19. The minimum Gasteiger partial charge on any atom is -0.335 e. The molecule has 2 rings (SSSR count). The van der Waals surface area contributed by atoms with Crippen molar-refractivity contribution in [2.24, 2.45) is 0 Å². The van der Waals surface area contributed by atoms with Crippen LogP contribution in [0.25, 0.3) is 0 Å². The highest BCUT2D eigenvalue weighted by Gasteiger charge is 2.32. The number of rotatable bonds is 3. The van der Waals surface area contributed by atoms with Gasteiger partial charge in [-0.25, -0.2) is 0 Å². The van der Waals surface area contributed by atoms with Gasteiger partial charge in [-0.1, -0.05) is 24.3 Å². The Balaban J connectivity index is 2.33. The van der Waals surface area contributed by atoms with E-state index in [0.29, 0.717) is 0 Å². The van der Waals surface area contributed by atoms with Crippen LogP contribution in [-0.4, -0.2) is 17.9 Å². The molecule has 0 N–H and O–H groups in total. The zero-order valence-corrected chi connectivity index (χ0v) is 8.94. The van der Waals surface area contributed by atoms with E-state index in [4.69, 9.17) is 0 Å². The smallest absolute Gasteiger partial charge is 0.254 e. The molecule has 0 aromatic heterocycles. The highest BCUT2D eigenvalue weighted by atomic mass is 16.2. The summed E-state index contributed by atoms with van der Waals surface area (Å²) >= 11 is 0. The first-order valence-corrected chi connectivity index (χ1v) is 5.22. The van der Waals surface area contributed by atoms with Gasteiger partial charge in [0.15, 0.2) is 0 Å². The number of carbonyl (C=O) groups is 1. The fraction of sp³-hybridized carbons (Fsp3) is 0.308. The second-order valence-corrected chi connectivity index (χ2v) is 3.89. The maximum atomic E-state index is 11.9. The predicted molar refractivity (Wildman–Crippen MR) is 60.7 cm³/mol. The van der Waals surface area contributed by atoms with E-state index in [9.17, 15) is 4.79 Å². The van der Waals surface area contributed by atoms with Gasteiger partial charge in [0.1, 0.15) is 0 Å². The second-order valence-electron chi connectivity index (χ2n) is 3.89. The van der Waals surface area contributed by atoms with E-state index in [0.717, 1.165) is 24.0 Å². The summed E-state index contributed by atoms with van der Waals surface area (Å²) in [7, 11) is 1.87. The third-order valence-corrected chi connectivity index (χ3v) is 2.98. The third kappa shape index (κ3) is 1.56. The van der Waals surface area contributed by atoms with E-state index in [1.807, 2.05) is 42.3 Å². The Hall–Kier alpha value is -1.57. The summed E-state index contributed by atoms with van der Waals surface area (Å²) < 4.78 is 0. The van der Waals surface area contributed by atoms with Gasteiger partial charge in [-0.3, -0.25) is 4.79 Å². The van der Waals surface area contributed by atoms with Crippen molar-refractivity contribution in [1.82, 2.24) is 4.90 Å². The van der Waals surface area contributed by atoms with Crippen LogP contribution >= 0.6 is 0 Å². The first kappa shape index (κ1) is 9.97. The zero-order chi connectivity index (χ0) is 10.8. The molecule has 0 fully saturated rings. The largest absolute Gasteiger partial charge is 0.335 e. The maximum Gasteiger partial charge on any atom is 0.254 e. The summed E-state index contributed by atoms with van der Waals surface area (Å²) in [5.74, 6) is 0.139. The Kier molecular flexibility index (Phi) is 2.58. The van der Waals surface area contributed by atoms with Crippen LogP contribution in [0.5, 0.6) is 0 Å². The van der Waals surface area contributed by atoms with Crippen LogP contribution in [0.2, 0.25) is 0 Å². The van der Waals surface area contributed by atoms with Gasteiger partial charge in [-0.15, -0.1) is 6.58 Å². The molecule has 1 unspecified atom stereocenters. The van der Waals surface area contributed by atoms with Crippen molar-refractivity contribution in [2.45, 2.75) is 18.9 Å². The van der Waals surface area contributed by atoms with Gasteiger partial charge in [0.2, 0.25) is 0 Å². The van der Waals surface area contributed by atoms with E-state index in [2.05, 4.69) is 6.58 Å². The van der Waals surface area contributed by atoms with Crippen LogP contribution < -0.4 is 0 Å². The van der Waals surface area contributed by atoms with Gasteiger partial charge < -0.3 is 4.90 Å². The van der Waals surface area contributed by atoms with Crippen LogP contribution in [0.3, 0.4) is 0 Å². The molecule has 1 aliphatic heterocycles. The Labute approximate surface area is 90.2 Å². The van der Waals surface area contributed by atoms with Crippen molar-refractivity contribution >= 4 is 5.91 Å². The van der Waals surface area contributed by atoms with Crippen molar-refractivity contribution < 1.29 is 4.79 Å². The molecule has 0 radical (unpaired) electrons. The summed E-state index contributed by atoms with van der Waals surface area (Å²) in [6.07, 6.45) is 3.80. The van der Waals surface area contributed by atoms with Crippen LogP contribution in [0, 0.1) is 0 Å². The molecular weight excluding hydrogens is 186 g/mol. The lowest BCUT2D eigenvalue weighted by Crippen LogP contribution is -2.22. The first-order chi connectivity index (χ1) is 7.25. The SMILES string of the molecule is C=CCCC1c2ccccc2C(=O)N1C. The molecule has 1 heterocycles. The lowest BCUT2D eigenvalue weighted by atomic mass is 10.0. The van der Waals surface area contributed by atoms with Gasteiger partial charge in [0, 0.05) is 12.6 Å². The first-order valence-electron chi connectivity index (χ1n) is 5.22. The number of fused-ring (bicyclic) bond motifs is 1. The van der Waals surface area contributed by atoms with Gasteiger partial charge in [0.05, 0.1) is 6.04 Å². The number of hydrogen-bond acceptors (Lipinski definition) is 1. The van der Waals surface area contributed by atoms with Crippen LogP contribution in [0.4, 0.5) is 0 Å². The van der Waals surface area contributed by atoms with E-state index < -0.39 is 0 Å². The highest BCUT2D eigenvalue weighted by Crippen LogP contribution is 2.35. The van der Waals surface area contributed by atoms with Crippen molar-refractivity contribution in [3.05, 3.63) is 48.0 Å². The van der Waals surface area contributed by atoms with Gasteiger partial charge in [-0.05, 0) is 24.5 Å². The number of amides is 1. The molecule has 1 aliphatic rings. The number of nitrogens with zero attached hydrogens (tertiary/aromatic N) is 1. The Morgan fingerprint density at radius 2 is 2.20 bits per heavy atom. The van der Waals surface area contributed by atoms with Crippen molar-refractivity contribution in [2.75, 3.05) is 7.05 Å². The van der Waals surface area contributed by atoms with Gasteiger partial charge >= 0.3 is 0 Å². The molecule has 1 amide bonds. The summed E-state index contributed by atoms with van der Waals surface area (Å²) in [6, 6.07) is 8.09. The van der Waals surface area contributed by atoms with Crippen LogP contribution in [-0.2, 0) is 0 Å². The topological polar surface area (TPSA) is 20.3 Å². The number of hydrogen-bond donors (Lipinski definition) is 0. The molecule has 2 heteroatoms. The Morgan fingerprint density at radius 3 is 2.93 bits per heavy atom. The molecule has 0 aliphatic carbocycles. The van der Waals surface area contributed by atoms with Gasteiger partial charge in [-0.2, -0.15) is 0 Å². The molecule has 1 aromatic rings. The van der Waals surface area contributed by atoms with E-state index in [1.165, 1.54) is 0 Å². The predicted octanol–water partition coefficient (Wildman–Crippen LogP) is 2.78. The monoisotopic (exact) mass is 201 g/mol. The molecule has 78 valence electrons. The quantitative estimate of drug-likeness (QED) is 0.688. The normalized spacial score (nSPS) is 19.1. The summed E-state index contributed by atoms with van der Waals surface area (Å²) in [6.45, 7) is 3.72. The summed E-state index contributed by atoms with van der Waals surface area (Å²) in [5.41, 5.74) is 2.01. The van der Waals surface area contributed by atoms with Crippen molar-refractivity contribution in [3.63, 3.8) is 0 Å². The number of benzene rings is 1. The minimum absolute atomic E-state index is 0.139. The third-order valence-electron chi connectivity index (χ3n) is 2.98. The fourth-order valence-electron chi connectivity index (χ4n) is 2.15. The summed E-state index contributed by atoms with van der Waals surface area (Å²) in [5, 5.41) is 0. The van der Waals surface area contributed by atoms with Crippen molar-refractivity contribution in [3.8, 4) is 0 Å². The van der Waals surface area contributed by atoms with Crippen LogP contribution in [0.1, 0.15) is 34.8 Å². The average molecular weight is 201 g/mol. The molecule has 15 heavy (non-hydrogen) atoms. The van der Waals surface area contributed by atoms with E-state index in [-0.39, 0.29) is 11.9 Å². The highest BCUT2D eigenvalue weighted by molar-refractivity contribution is 5.98. The molecule has 1 aromatic carbocycles. The van der Waals surface area contributed by atoms with Crippen molar-refractivity contribution in [1.29, 1.82) is 0 Å². The molecule has 0 saturated carbocycles.